The molecule has 2 aromatic carbocycles. The Morgan fingerprint density at radius 3 is 1.57 bits per heavy atom. The predicted molar refractivity (Wildman–Crippen MR) is 71.9 cm³/mol. The summed E-state index contributed by atoms with van der Waals surface area (Å²) >= 11 is 0. The van der Waals surface area contributed by atoms with Gasteiger partial charge in [0.2, 0.25) is 12.2 Å². The van der Waals surface area contributed by atoms with Gasteiger partial charge in [-0.3, -0.25) is 0 Å². The molecule has 2 rings (SSSR count). The molecule has 0 bridgehead atoms. The monoisotopic (exact) mass is 284 g/mol. The fourth-order valence-electron chi connectivity index (χ4n) is 1.56. The van der Waals surface area contributed by atoms with E-state index in [0.717, 1.165) is 0 Å². The predicted octanol–water partition coefficient (Wildman–Crippen LogP) is 2.82. The summed E-state index contributed by atoms with van der Waals surface area (Å²) in [6.07, 6.45) is 2.64. The number of phenols is 2. The minimum Gasteiger partial charge on any atom is -0.506 e. The number of benzene rings is 2. The average Bonchev–Trinajstić information content (AvgIpc) is 2.45. The van der Waals surface area contributed by atoms with Crippen LogP contribution in [0.4, 0.5) is 11.4 Å². The Labute approximate surface area is 118 Å². The molecule has 0 atom stereocenters. The lowest BCUT2D eigenvalue weighted by Crippen LogP contribution is -1.84. The van der Waals surface area contributed by atoms with Crippen LogP contribution in [0.3, 0.4) is 0 Å². The Hall–Kier alpha value is -3.40. The van der Waals surface area contributed by atoms with Crippen molar-refractivity contribution in [2.75, 3.05) is 0 Å². The largest absolute Gasteiger partial charge is 0.506 e. The van der Waals surface area contributed by atoms with Crippen molar-refractivity contribution < 1.29 is 24.5 Å². The van der Waals surface area contributed by atoms with E-state index in [2.05, 4.69) is 9.98 Å². The maximum absolute atomic E-state index is 10.1. The molecule has 0 saturated heterocycles. The van der Waals surface area contributed by atoms with Crippen LogP contribution in [-0.4, -0.2) is 22.4 Å². The fourth-order valence-corrected chi connectivity index (χ4v) is 1.56. The van der Waals surface area contributed by atoms with Crippen LogP contribution in [0.5, 0.6) is 23.0 Å². The van der Waals surface area contributed by atoms with Crippen LogP contribution < -0.4 is 4.74 Å². The lowest BCUT2D eigenvalue weighted by molar-refractivity contribution is 0.447. The molecule has 0 unspecified atom stereocenters. The zero-order valence-corrected chi connectivity index (χ0v) is 10.5. The number of isocyanates is 2. The van der Waals surface area contributed by atoms with E-state index in [1.807, 2.05) is 0 Å². The molecular formula is C14H8N2O5. The van der Waals surface area contributed by atoms with Gasteiger partial charge in [-0.1, -0.05) is 0 Å². The van der Waals surface area contributed by atoms with Gasteiger partial charge in [0, 0.05) is 12.1 Å². The second-order valence-corrected chi connectivity index (χ2v) is 3.81. The minimum atomic E-state index is -0.248. The van der Waals surface area contributed by atoms with E-state index >= 15 is 0 Å². The molecule has 0 amide bonds. The molecule has 2 aromatic rings. The molecule has 0 aliphatic carbocycles. The number of hydrogen-bond donors (Lipinski definition) is 2. The van der Waals surface area contributed by atoms with Crippen molar-refractivity contribution in [2.45, 2.75) is 0 Å². The first-order valence-corrected chi connectivity index (χ1v) is 5.63. The summed E-state index contributed by atoms with van der Waals surface area (Å²) in [5.74, 6) is 0.0382. The first kappa shape index (κ1) is 14.0. The van der Waals surface area contributed by atoms with Crippen LogP contribution in [0.25, 0.3) is 0 Å². The highest BCUT2D eigenvalue weighted by Crippen LogP contribution is 2.35. The lowest BCUT2D eigenvalue weighted by atomic mass is 10.2. The van der Waals surface area contributed by atoms with E-state index in [4.69, 9.17) is 4.74 Å². The number of rotatable bonds is 4. The van der Waals surface area contributed by atoms with Crippen LogP contribution in [0, 0.1) is 0 Å². The van der Waals surface area contributed by atoms with Crippen molar-refractivity contribution in [2.24, 2.45) is 9.98 Å². The van der Waals surface area contributed by atoms with Gasteiger partial charge in [-0.25, -0.2) is 9.59 Å². The molecule has 0 saturated carbocycles. The number of nitrogens with zero attached hydrogens (tertiary/aromatic N) is 2. The molecule has 7 nitrogen and oxygen atoms in total. The molecule has 0 fully saturated rings. The number of aliphatic imine (C=N–C) groups is 2. The Balaban J connectivity index is 2.26. The smallest absolute Gasteiger partial charge is 0.240 e. The summed E-state index contributed by atoms with van der Waals surface area (Å²) in [5.41, 5.74) is 0.131. The molecule has 21 heavy (non-hydrogen) atoms. The molecule has 0 aromatic heterocycles. The zero-order valence-electron chi connectivity index (χ0n) is 10.5. The normalized spacial score (nSPS) is 9.33. The van der Waals surface area contributed by atoms with Crippen molar-refractivity contribution >= 4 is 23.5 Å². The molecule has 0 radical (unpaired) electrons. The first-order chi connectivity index (χ1) is 10.1. The van der Waals surface area contributed by atoms with Gasteiger partial charge in [0.25, 0.3) is 0 Å². The second kappa shape index (κ2) is 6.16. The number of hydrogen-bond acceptors (Lipinski definition) is 7. The van der Waals surface area contributed by atoms with Crippen LogP contribution in [0.2, 0.25) is 0 Å². The Morgan fingerprint density at radius 2 is 1.24 bits per heavy atom. The number of carbonyl (C=O) groups excluding carboxylic acids is 2. The van der Waals surface area contributed by atoms with E-state index in [0.29, 0.717) is 0 Å². The summed E-state index contributed by atoms with van der Waals surface area (Å²) in [4.78, 5) is 26.9. The van der Waals surface area contributed by atoms with E-state index in [1.165, 1.54) is 48.6 Å². The summed E-state index contributed by atoms with van der Waals surface area (Å²) in [7, 11) is 0. The van der Waals surface area contributed by atoms with Crippen molar-refractivity contribution in [3.05, 3.63) is 36.4 Å². The van der Waals surface area contributed by atoms with Gasteiger partial charge < -0.3 is 14.9 Å². The Kier molecular flexibility index (Phi) is 4.11. The summed E-state index contributed by atoms with van der Waals surface area (Å²) in [6.45, 7) is 0. The van der Waals surface area contributed by atoms with Crippen LogP contribution in [0.1, 0.15) is 0 Å². The van der Waals surface area contributed by atoms with Crippen LogP contribution in [0.15, 0.2) is 46.4 Å². The van der Waals surface area contributed by atoms with Crippen molar-refractivity contribution in [1.82, 2.24) is 0 Å². The molecule has 0 aliphatic heterocycles. The fraction of sp³-hybridized carbons (Fsp3) is 0. The minimum absolute atomic E-state index is 0.0656. The van der Waals surface area contributed by atoms with E-state index < -0.39 is 0 Å². The van der Waals surface area contributed by atoms with Gasteiger partial charge in [0.05, 0.1) is 0 Å². The second-order valence-electron chi connectivity index (χ2n) is 3.81. The van der Waals surface area contributed by atoms with Crippen molar-refractivity contribution in [3.63, 3.8) is 0 Å². The molecule has 7 heteroatoms. The standard InChI is InChI=1S/C14H8N2O5/c17-7-15-11-3-1-9(5-13(11)19)21-10-2-4-12(16-8-18)14(20)6-10/h1-6,19-20H. The molecule has 104 valence electrons. The number of phenolic OH excluding ortho intramolecular Hbond substituents is 2. The van der Waals surface area contributed by atoms with Crippen molar-refractivity contribution in [3.8, 4) is 23.0 Å². The van der Waals surface area contributed by atoms with Crippen molar-refractivity contribution in [1.29, 1.82) is 0 Å². The third-order valence-corrected chi connectivity index (χ3v) is 2.46. The topological polar surface area (TPSA) is 109 Å². The van der Waals surface area contributed by atoms with Gasteiger partial charge in [0.1, 0.15) is 34.4 Å². The SMILES string of the molecule is O=C=Nc1ccc(Oc2ccc(N=C=O)c(O)c2)cc1O. The van der Waals surface area contributed by atoms with Gasteiger partial charge in [0.15, 0.2) is 0 Å². The van der Waals surface area contributed by atoms with Gasteiger partial charge in [-0.2, -0.15) is 9.98 Å². The van der Waals surface area contributed by atoms with Crippen LogP contribution >= 0.6 is 0 Å². The maximum Gasteiger partial charge on any atom is 0.240 e. The van der Waals surface area contributed by atoms with E-state index in [-0.39, 0.29) is 34.4 Å². The molecule has 0 heterocycles. The number of ether oxygens (including phenoxy) is 1. The third kappa shape index (κ3) is 3.33. The Bertz CT molecular complexity index is 709. The Morgan fingerprint density at radius 1 is 0.810 bits per heavy atom. The van der Waals surface area contributed by atoms with Gasteiger partial charge in [-0.05, 0) is 24.3 Å². The lowest BCUT2D eigenvalue weighted by Gasteiger charge is -2.07. The molecular weight excluding hydrogens is 276 g/mol. The molecule has 0 spiro atoms. The highest BCUT2D eigenvalue weighted by atomic mass is 16.5. The quantitative estimate of drug-likeness (QED) is 0.662. The molecule has 0 aliphatic rings. The zero-order chi connectivity index (χ0) is 15.2. The third-order valence-electron chi connectivity index (χ3n) is 2.46. The summed E-state index contributed by atoms with van der Waals surface area (Å²) < 4.78 is 5.41. The highest BCUT2D eigenvalue weighted by Gasteiger charge is 2.06. The number of aromatic hydroxyl groups is 2. The first-order valence-electron chi connectivity index (χ1n) is 5.63. The summed E-state index contributed by atoms with van der Waals surface area (Å²) in [5, 5.41) is 19.2. The maximum atomic E-state index is 10.1. The highest BCUT2D eigenvalue weighted by molar-refractivity contribution is 5.61. The van der Waals surface area contributed by atoms with E-state index in [1.54, 1.807) is 0 Å². The van der Waals surface area contributed by atoms with Crippen LogP contribution in [-0.2, 0) is 9.59 Å². The van der Waals surface area contributed by atoms with Gasteiger partial charge >= 0.3 is 0 Å². The van der Waals surface area contributed by atoms with Gasteiger partial charge in [-0.15, -0.1) is 0 Å². The van der Waals surface area contributed by atoms with E-state index in [9.17, 15) is 19.8 Å². The molecule has 2 N–H and O–H groups in total. The summed E-state index contributed by atoms with van der Waals surface area (Å²) in [6, 6.07) is 8.21. The average molecular weight is 284 g/mol.